The van der Waals surface area contributed by atoms with E-state index in [2.05, 4.69) is 12.2 Å². The zero-order valence-electron chi connectivity index (χ0n) is 11.3. The van der Waals surface area contributed by atoms with Crippen LogP contribution in [0.15, 0.2) is 0 Å². The van der Waals surface area contributed by atoms with Gasteiger partial charge in [0.25, 0.3) is 10.1 Å². The molecule has 0 saturated heterocycles. The summed E-state index contributed by atoms with van der Waals surface area (Å²) in [5.74, 6) is -0.120. The predicted molar refractivity (Wildman–Crippen MR) is 71.6 cm³/mol. The zero-order valence-corrected chi connectivity index (χ0v) is 12.1. The van der Waals surface area contributed by atoms with E-state index in [9.17, 15) is 8.42 Å². The molecule has 4 nitrogen and oxygen atoms in total. The second-order valence-electron chi connectivity index (χ2n) is 4.90. The van der Waals surface area contributed by atoms with Gasteiger partial charge < -0.3 is 0 Å². The molecule has 0 aliphatic heterocycles. The summed E-state index contributed by atoms with van der Waals surface area (Å²) in [6.45, 7) is 6.40. The van der Waals surface area contributed by atoms with Crippen molar-refractivity contribution in [3.05, 3.63) is 0 Å². The van der Waals surface area contributed by atoms with Crippen molar-refractivity contribution in [3.63, 3.8) is 0 Å². The van der Waals surface area contributed by atoms with Crippen LogP contribution in [0.5, 0.6) is 0 Å². The lowest BCUT2D eigenvalue weighted by Gasteiger charge is -2.19. The molecular weight excluding hydrogens is 238 g/mol. The van der Waals surface area contributed by atoms with E-state index in [0.29, 0.717) is 6.54 Å². The molecule has 0 saturated carbocycles. The molecule has 0 aromatic heterocycles. The molecule has 0 spiro atoms. The van der Waals surface area contributed by atoms with Crippen molar-refractivity contribution in [2.75, 3.05) is 6.54 Å². The Morgan fingerprint density at radius 1 is 1.06 bits per heavy atom. The maximum atomic E-state index is 11.1. The van der Waals surface area contributed by atoms with Crippen LogP contribution in [-0.2, 0) is 10.1 Å². The third-order valence-corrected chi connectivity index (χ3v) is 4.16. The van der Waals surface area contributed by atoms with Gasteiger partial charge in [-0.2, -0.15) is 8.42 Å². The Balaban J connectivity index is 3.71. The first kappa shape index (κ1) is 16.9. The van der Waals surface area contributed by atoms with Gasteiger partial charge in [-0.3, -0.25) is 9.87 Å². The fourth-order valence-corrected chi connectivity index (χ4v) is 2.85. The first-order chi connectivity index (χ1) is 7.89. The first-order valence-corrected chi connectivity index (χ1v) is 8.09. The summed E-state index contributed by atoms with van der Waals surface area (Å²) in [6.07, 6.45) is 7.03. The lowest BCUT2D eigenvalue weighted by molar-refractivity contribution is 0.406. The second-order valence-corrected chi connectivity index (χ2v) is 6.44. The van der Waals surface area contributed by atoms with Crippen molar-refractivity contribution in [1.29, 1.82) is 0 Å². The Morgan fingerprint density at radius 2 is 1.59 bits per heavy atom. The van der Waals surface area contributed by atoms with Crippen molar-refractivity contribution < 1.29 is 13.0 Å². The summed E-state index contributed by atoms with van der Waals surface area (Å²) in [5.41, 5.74) is 0. The molecule has 0 aromatic carbocycles. The molecule has 0 heterocycles. The van der Waals surface area contributed by atoms with Crippen molar-refractivity contribution in [3.8, 4) is 0 Å². The van der Waals surface area contributed by atoms with Crippen LogP contribution in [0.4, 0.5) is 0 Å². The highest BCUT2D eigenvalue weighted by atomic mass is 32.2. The molecule has 104 valence electrons. The van der Waals surface area contributed by atoms with Crippen molar-refractivity contribution >= 4 is 10.1 Å². The minimum atomic E-state index is -3.98. The van der Waals surface area contributed by atoms with Gasteiger partial charge in [0.05, 0.1) is 0 Å². The quantitative estimate of drug-likeness (QED) is 0.471. The average Bonchev–Trinajstić information content (AvgIpc) is 2.19. The molecule has 17 heavy (non-hydrogen) atoms. The van der Waals surface area contributed by atoms with Gasteiger partial charge in [0.15, 0.2) is 0 Å². The molecule has 0 amide bonds. The SMILES string of the molecule is CCCCCCCCNC(C(C)C)S(=O)(=O)O. The molecule has 2 N–H and O–H groups in total. The molecule has 0 radical (unpaired) electrons. The van der Waals surface area contributed by atoms with Gasteiger partial charge in [-0.05, 0) is 18.9 Å². The zero-order chi connectivity index (χ0) is 13.3. The van der Waals surface area contributed by atoms with Crippen molar-refractivity contribution in [1.82, 2.24) is 5.32 Å². The molecule has 0 fully saturated rings. The van der Waals surface area contributed by atoms with Crippen LogP contribution in [0.2, 0.25) is 0 Å². The molecular formula is C12H27NO3S. The van der Waals surface area contributed by atoms with Crippen LogP contribution >= 0.6 is 0 Å². The third-order valence-electron chi connectivity index (χ3n) is 2.80. The average molecular weight is 265 g/mol. The fourth-order valence-electron chi connectivity index (χ4n) is 1.83. The molecule has 0 aliphatic carbocycles. The summed E-state index contributed by atoms with van der Waals surface area (Å²) in [4.78, 5) is 0. The van der Waals surface area contributed by atoms with Gasteiger partial charge in [0, 0.05) is 0 Å². The Bertz CT molecular complexity index is 275. The number of rotatable bonds is 10. The first-order valence-electron chi connectivity index (χ1n) is 6.59. The van der Waals surface area contributed by atoms with E-state index in [1.807, 2.05) is 0 Å². The number of nitrogens with one attached hydrogen (secondary N) is 1. The van der Waals surface area contributed by atoms with E-state index in [-0.39, 0.29) is 5.92 Å². The lowest BCUT2D eigenvalue weighted by Crippen LogP contribution is -2.41. The van der Waals surface area contributed by atoms with Crippen LogP contribution in [0.1, 0.15) is 59.3 Å². The highest BCUT2D eigenvalue weighted by Crippen LogP contribution is 2.09. The highest BCUT2D eigenvalue weighted by Gasteiger charge is 2.25. The fraction of sp³-hybridized carbons (Fsp3) is 1.00. The van der Waals surface area contributed by atoms with Crippen LogP contribution in [0, 0.1) is 5.92 Å². The Hall–Kier alpha value is -0.130. The smallest absolute Gasteiger partial charge is 0.281 e. The van der Waals surface area contributed by atoms with Crippen molar-refractivity contribution in [2.24, 2.45) is 5.92 Å². The lowest BCUT2D eigenvalue weighted by atomic mass is 10.1. The van der Waals surface area contributed by atoms with Gasteiger partial charge >= 0.3 is 0 Å². The van der Waals surface area contributed by atoms with Gasteiger partial charge in [-0.1, -0.05) is 52.9 Å². The number of hydrogen-bond donors (Lipinski definition) is 2. The Morgan fingerprint density at radius 3 is 2.06 bits per heavy atom. The van der Waals surface area contributed by atoms with E-state index >= 15 is 0 Å². The monoisotopic (exact) mass is 265 g/mol. The largest absolute Gasteiger partial charge is 0.299 e. The van der Waals surface area contributed by atoms with Crippen LogP contribution < -0.4 is 5.32 Å². The summed E-state index contributed by atoms with van der Waals surface area (Å²) in [7, 11) is -3.98. The molecule has 0 bridgehead atoms. The Labute approximate surface area is 106 Å². The normalized spacial score (nSPS) is 14.2. The number of hydrogen-bond acceptors (Lipinski definition) is 3. The molecule has 1 unspecified atom stereocenters. The molecule has 1 atom stereocenters. The van der Waals surface area contributed by atoms with E-state index < -0.39 is 15.5 Å². The van der Waals surface area contributed by atoms with E-state index in [4.69, 9.17) is 4.55 Å². The van der Waals surface area contributed by atoms with E-state index in [0.717, 1.165) is 12.8 Å². The number of unbranched alkanes of at least 4 members (excludes halogenated alkanes) is 5. The topological polar surface area (TPSA) is 66.4 Å². The van der Waals surface area contributed by atoms with Crippen LogP contribution in [-0.4, -0.2) is 24.9 Å². The van der Waals surface area contributed by atoms with Crippen LogP contribution in [0.25, 0.3) is 0 Å². The van der Waals surface area contributed by atoms with Gasteiger partial charge in [0.2, 0.25) is 0 Å². The summed E-state index contributed by atoms with van der Waals surface area (Å²) in [5, 5.41) is 2.08. The summed E-state index contributed by atoms with van der Waals surface area (Å²) in [6, 6.07) is 0. The second kappa shape index (κ2) is 8.89. The van der Waals surface area contributed by atoms with Crippen molar-refractivity contribution in [2.45, 2.75) is 64.7 Å². The standard InChI is InChI=1S/C12H27NO3S/c1-4-5-6-7-8-9-10-13-12(11(2)3)17(14,15)16/h11-13H,4-10H2,1-3H3,(H,14,15,16). The minimum absolute atomic E-state index is 0.120. The summed E-state index contributed by atoms with van der Waals surface area (Å²) < 4.78 is 31.2. The minimum Gasteiger partial charge on any atom is -0.299 e. The van der Waals surface area contributed by atoms with Crippen LogP contribution in [0.3, 0.4) is 0 Å². The molecule has 0 aliphatic rings. The van der Waals surface area contributed by atoms with E-state index in [1.165, 1.54) is 25.7 Å². The van der Waals surface area contributed by atoms with Gasteiger partial charge in [0.1, 0.15) is 5.37 Å². The van der Waals surface area contributed by atoms with Gasteiger partial charge in [-0.15, -0.1) is 0 Å². The van der Waals surface area contributed by atoms with E-state index in [1.54, 1.807) is 13.8 Å². The predicted octanol–water partition coefficient (Wildman–Crippen LogP) is 2.81. The molecule has 0 aromatic rings. The summed E-state index contributed by atoms with van der Waals surface area (Å²) >= 11 is 0. The third kappa shape index (κ3) is 8.57. The highest BCUT2D eigenvalue weighted by molar-refractivity contribution is 7.86. The maximum absolute atomic E-state index is 11.1. The molecule has 5 heteroatoms. The maximum Gasteiger partial charge on any atom is 0.281 e. The molecule has 0 rings (SSSR count). The Kier molecular flexibility index (Phi) is 8.82. The van der Waals surface area contributed by atoms with Gasteiger partial charge in [-0.25, -0.2) is 0 Å².